The molecule has 0 heterocycles. The molecule has 0 aromatic heterocycles. The molecule has 0 N–H and O–H groups in total. The molecule has 1 heteroatoms. The predicted molar refractivity (Wildman–Crippen MR) is 310 cm³/mol. The fourth-order valence-corrected chi connectivity index (χ4v) is 13.0. The summed E-state index contributed by atoms with van der Waals surface area (Å²) in [5.41, 5.74) is 23.5. The number of hydrogen-bond donors (Lipinski definition) is 0. The van der Waals surface area contributed by atoms with Crippen molar-refractivity contribution in [1.82, 2.24) is 0 Å². The maximum atomic E-state index is 2.56. The molecule has 14 rings (SSSR count). The van der Waals surface area contributed by atoms with Crippen molar-refractivity contribution in [3.05, 3.63) is 330 Å². The third-order valence-electron chi connectivity index (χ3n) is 16.2. The monoisotopic (exact) mass is 941 g/mol. The van der Waals surface area contributed by atoms with E-state index in [2.05, 4.69) is 303 Å². The van der Waals surface area contributed by atoms with Gasteiger partial charge in [0.05, 0.1) is 16.8 Å². The Bertz CT molecular complexity index is 4040. The van der Waals surface area contributed by atoms with Crippen LogP contribution in [0.25, 0.3) is 66.4 Å². The van der Waals surface area contributed by atoms with Gasteiger partial charge in [0.15, 0.2) is 0 Å². The number of para-hydroxylation sites is 2. The van der Waals surface area contributed by atoms with E-state index in [1.807, 2.05) is 0 Å². The Morgan fingerprint density at radius 3 is 1.38 bits per heavy atom. The third-order valence-corrected chi connectivity index (χ3v) is 16.2. The summed E-state index contributed by atoms with van der Waals surface area (Å²) in [6, 6.07) is 108. The first-order valence-electron chi connectivity index (χ1n) is 25.8. The average Bonchev–Trinajstić information content (AvgIpc) is 4.01. The Kier molecular flexibility index (Phi) is 10.3. The fraction of sp³-hybridized carbons (Fsp3) is 0.0411. The van der Waals surface area contributed by atoms with Crippen LogP contribution in [0.2, 0.25) is 0 Å². The van der Waals surface area contributed by atoms with Crippen molar-refractivity contribution in [1.29, 1.82) is 0 Å². The van der Waals surface area contributed by atoms with Crippen LogP contribution in [0.5, 0.6) is 0 Å². The van der Waals surface area contributed by atoms with Crippen LogP contribution in [0.3, 0.4) is 0 Å². The van der Waals surface area contributed by atoms with Crippen LogP contribution >= 0.6 is 0 Å². The van der Waals surface area contributed by atoms with Crippen LogP contribution in [0.1, 0.15) is 45.9 Å². The van der Waals surface area contributed by atoms with Gasteiger partial charge in [0.2, 0.25) is 0 Å². The lowest BCUT2D eigenvalue weighted by molar-refractivity contribution is 0.714. The van der Waals surface area contributed by atoms with Gasteiger partial charge in [-0.1, -0.05) is 267 Å². The molecule has 0 aliphatic heterocycles. The van der Waals surface area contributed by atoms with E-state index in [9.17, 15) is 0 Å². The fourth-order valence-electron chi connectivity index (χ4n) is 13.0. The van der Waals surface area contributed by atoms with E-state index in [1.165, 1.54) is 94.2 Å². The Morgan fingerprint density at radius 2 is 0.730 bits per heavy atom. The molecule has 12 aromatic carbocycles. The van der Waals surface area contributed by atoms with Gasteiger partial charge in [-0.25, -0.2) is 0 Å². The normalized spacial score (nSPS) is 14.7. The second kappa shape index (κ2) is 17.5. The minimum Gasteiger partial charge on any atom is -0.309 e. The van der Waals surface area contributed by atoms with Crippen LogP contribution in [0.4, 0.5) is 17.1 Å². The molecule has 1 unspecified atom stereocenters. The molecule has 1 nitrogen and oxygen atoms in total. The summed E-state index contributed by atoms with van der Waals surface area (Å²) >= 11 is 0. The Hall–Kier alpha value is -9.30. The first-order valence-corrected chi connectivity index (χ1v) is 25.8. The van der Waals surface area contributed by atoms with Gasteiger partial charge in [-0.15, -0.1) is 0 Å². The van der Waals surface area contributed by atoms with E-state index in [1.54, 1.807) is 0 Å². The zero-order valence-electron chi connectivity index (χ0n) is 41.2. The molecule has 2 aliphatic carbocycles. The van der Waals surface area contributed by atoms with Crippen molar-refractivity contribution in [2.45, 2.75) is 17.8 Å². The van der Waals surface area contributed by atoms with Gasteiger partial charge >= 0.3 is 0 Å². The summed E-state index contributed by atoms with van der Waals surface area (Å²) in [4.78, 5) is 2.56. The smallest absolute Gasteiger partial charge is 0.0714 e. The van der Waals surface area contributed by atoms with Gasteiger partial charge in [0.25, 0.3) is 0 Å². The zero-order chi connectivity index (χ0) is 49.2. The second-order valence-corrected chi connectivity index (χ2v) is 20.0. The van der Waals surface area contributed by atoms with Crippen molar-refractivity contribution in [2.24, 2.45) is 0 Å². The molecule has 0 radical (unpaired) electrons. The lowest BCUT2D eigenvalue weighted by atomic mass is 9.67. The van der Waals surface area contributed by atoms with E-state index >= 15 is 0 Å². The van der Waals surface area contributed by atoms with Gasteiger partial charge in [-0.3, -0.25) is 0 Å². The predicted octanol–water partition coefficient (Wildman–Crippen LogP) is 19.0. The number of nitrogens with zero attached hydrogens (tertiary/aromatic N) is 1. The van der Waals surface area contributed by atoms with Gasteiger partial charge in [-0.05, 0) is 125 Å². The third kappa shape index (κ3) is 6.50. The van der Waals surface area contributed by atoms with Crippen LogP contribution in [-0.2, 0) is 10.8 Å². The van der Waals surface area contributed by atoms with Crippen LogP contribution in [0, 0.1) is 0 Å². The standard InChI is InChI=1S/C73H51N/c1-72(52-29-8-3-9-30-52)64-42-18-15-38-63(64)71-62(41-24-44-66(71)72)60-37-17-21-46-69(60)74(68-45-20-16-36-59(68)61-40-23-28-51-27-22-39-56(70(51)61)50-25-6-2-7-26-50)55-47-48-58-57-35-14-19-43-65(57)73(67(58)49-55,53-31-10-4-11-32-53)54-33-12-5-13-34-54/h2-49H,1H3. The van der Waals surface area contributed by atoms with E-state index < -0.39 is 5.41 Å². The summed E-state index contributed by atoms with van der Waals surface area (Å²) in [6.45, 7) is 2.41. The molecule has 0 saturated heterocycles. The van der Waals surface area contributed by atoms with E-state index in [-0.39, 0.29) is 5.41 Å². The molecule has 0 amide bonds. The average molecular weight is 942 g/mol. The largest absolute Gasteiger partial charge is 0.309 e. The number of benzene rings is 12. The van der Waals surface area contributed by atoms with E-state index in [0.717, 1.165) is 28.2 Å². The molecule has 348 valence electrons. The summed E-state index contributed by atoms with van der Waals surface area (Å²) in [6.07, 6.45) is 0. The summed E-state index contributed by atoms with van der Waals surface area (Å²) in [5, 5.41) is 2.44. The Balaban J connectivity index is 1.07. The molecular formula is C73H51N. The van der Waals surface area contributed by atoms with Crippen molar-refractivity contribution in [3.63, 3.8) is 0 Å². The maximum absolute atomic E-state index is 2.56. The summed E-state index contributed by atoms with van der Waals surface area (Å²) in [5.74, 6) is 0. The second-order valence-electron chi connectivity index (χ2n) is 20.0. The quantitative estimate of drug-likeness (QED) is 0.139. The van der Waals surface area contributed by atoms with Crippen LogP contribution in [0.15, 0.2) is 291 Å². The minimum atomic E-state index is -0.582. The van der Waals surface area contributed by atoms with Crippen molar-refractivity contribution in [3.8, 4) is 55.6 Å². The Morgan fingerprint density at radius 1 is 0.284 bits per heavy atom. The van der Waals surface area contributed by atoms with Gasteiger partial charge in [0, 0.05) is 22.2 Å². The Labute approximate surface area is 434 Å². The van der Waals surface area contributed by atoms with Gasteiger partial charge in [0.1, 0.15) is 0 Å². The molecule has 0 bridgehead atoms. The molecule has 1 atom stereocenters. The molecular weight excluding hydrogens is 891 g/mol. The lowest BCUT2D eigenvalue weighted by Crippen LogP contribution is -2.28. The number of hydrogen-bond acceptors (Lipinski definition) is 1. The van der Waals surface area contributed by atoms with Gasteiger partial charge in [-0.2, -0.15) is 0 Å². The summed E-state index contributed by atoms with van der Waals surface area (Å²) in [7, 11) is 0. The van der Waals surface area contributed by atoms with Crippen molar-refractivity contribution < 1.29 is 0 Å². The molecule has 0 saturated carbocycles. The van der Waals surface area contributed by atoms with Gasteiger partial charge < -0.3 is 4.90 Å². The van der Waals surface area contributed by atoms with Crippen LogP contribution < -0.4 is 4.90 Å². The zero-order valence-corrected chi connectivity index (χ0v) is 41.2. The highest BCUT2D eigenvalue weighted by atomic mass is 15.1. The molecule has 74 heavy (non-hydrogen) atoms. The maximum Gasteiger partial charge on any atom is 0.0714 e. The number of anilines is 3. The number of rotatable bonds is 9. The highest BCUT2D eigenvalue weighted by molar-refractivity contribution is 6.09. The van der Waals surface area contributed by atoms with Crippen molar-refractivity contribution >= 4 is 27.8 Å². The van der Waals surface area contributed by atoms with E-state index in [0.29, 0.717) is 0 Å². The van der Waals surface area contributed by atoms with Crippen molar-refractivity contribution in [2.75, 3.05) is 4.90 Å². The molecule has 0 spiro atoms. The molecule has 0 fully saturated rings. The number of fused-ring (bicyclic) bond motifs is 7. The van der Waals surface area contributed by atoms with Crippen LogP contribution in [-0.4, -0.2) is 0 Å². The lowest BCUT2D eigenvalue weighted by Gasteiger charge is -2.35. The first-order chi connectivity index (χ1) is 36.6. The van der Waals surface area contributed by atoms with E-state index in [4.69, 9.17) is 0 Å². The molecule has 12 aromatic rings. The first kappa shape index (κ1) is 43.5. The topological polar surface area (TPSA) is 3.24 Å². The molecule has 2 aliphatic rings. The SMILES string of the molecule is CC1(c2ccccc2)c2ccccc2-c2c(-c3ccccc3N(c3ccc4c(c3)C(c3ccccc3)(c3ccccc3)c3ccccc3-4)c3ccccc3-c3cccc4cccc(-c5ccccc5)c34)cccc21. The summed E-state index contributed by atoms with van der Waals surface area (Å²) < 4.78 is 0. The highest BCUT2D eigenvalue weighted by Crippen LogP contribution is 2.60. The minimum absolute atomic E-state index is 0.345. The highest BCUT2D eigenvalue weighted by Gasteiger charge is 2.47.